The minimum Gasteiger partial charge on any atom is -0.338 e. The molecule has 120 valence electrons. The maximum absolute atomic E-state index is 13.1. The Bertz CT molecular complexity index is 1040. The van der Waals surface area contributed by atoms with Crippen LogP contribution >= 0.6 is 0 Å². The van der Waals surface area contributed by atoms with E-state index in [0.717, 1.165) is 11.5 Å². The highest BCUT2D eigenvalue weighted by Crippen LogP contribution is 2.36. The minimum atomic E-state index is -4.38. The van der Waals surface area contributed by atoms with Crippen LogP contribution in [0.25, 0.3) is 21.8 Å². The molecule has 7 heteroatoms. The number of anilines is 2. The molecule has 0 unspecified atom stereocenters. The van der Waals surface area contributed by atoms with Crippen LogP contribution < -0.4 is 5.32 Å². The number of nitrogens with zero attached hydrogens (tertiary/aromatic N) is 2. The third kappa shape index (κ3) is 2.44. The normalized spacial score (nSPS) is 12.0. The van der Waals surface area contributed by atoms with E-state index in [0.29, 0.717) is 22.5 Å². The largest absolute Gasteiger partial charge is 0.417 e. The van der Waals surface area contributed by atoms with E-state index >= 15 is 0 Å². The third-order valence-corrected chi connectivity index (χ3v) is 3.78. The molecular formula is C17H11F3N4. The average Bonchev–Trinajstić information content (AvgIpc) is 2.96. The first kappa shape index (κ1) is 14.5. The second-order valence-electron chi connectivity index (χ2n) is 5.34. The lowest BCUT2D eigenvalue weighted by Crippen LogP contribution is -2.05. The zero-order chi connectivity index (χ0) is 16.7. The molecule has 0 saturated heterocycles. The van der Waals surface area contributed by atoms with Crippen LogP contribution in [0.2, 0.25) is 0 Å². The Kier molecular flexibility index (Phi) is 3.16. The van der Waals surface area contributed by atoms with Gasteiger partial charge in [-0.05, 0) is 41.1 Å². The first-order valence-electron chi connectivity index (χ1n) is 7.18. The first-order chi connectivity index (χ1) is 11.5. The molecule has 2 aromatic carbocycles. The molecule has 0 aliphatic heterocycles. The lowest BCUT2D eigenvalue weighted by Gasteiger charge is -2.11. The van der Waals surface area contributed by atoms with Crippen LogP contribution in [0.5, 0.6) is 0 Å². The summed E-state index contributed by atoms with van der Waals surface area (Å²) in [6.45, 7) is 0. The Morgan fingerprint density at radius 3 is 2.67 bits per heavy atom. The Hall–Kier alpha value is -3.09. The van der Waals surface area contributed by atoms with E-state index in [9.17, 15) is 13.2 Å². The van der Waals surface area contributed by atoms with Gasteiger partial charge in [0.2, 0.25) is 0 Å². The fourth-order valence-corrected chi connectivity index (χ4v) is 2.70. The molecule has 0 spiro atoms. The van der Waals surface area contributed by atoms with Gasteiger partial charge in [-0.2, -0.15) is 18.3 Å². The third-order valence-electron chi connectivity index (χ3n) is 3.78. The number of nitrogens with one attached hydrogen (secondary N) is 2. The molecule has 0 atom stereocenters. The number of benzene rings is 2. The molecule has 0 fully saturated rings. The van der Waals surface area contributed by atoms with Crippen LogP contribution in [0.4, 0.5) is 24.7 Å². The SMILES string of the molecule is FC(F)(F)c1cccc2cc(Nc3n[nH]c4ncccc34)ccc12. The summed E-state index contributed by atoms with van der Waals surface area (Å²) in [5.74, 6) is 0.574. The molecule has 4 nitrogen and oxygen atoms in total. The van der Waals surface area contributed by atoms with Gasteiger partial charge in [-0.15, -0.1) is 0 Å². The molecule has 0 aliphatic rings. The van der Waals surface area contributed by atoms with Gasteiger partial charge in [-0.1, -0.05) is 18.2 Å². The van der Waals surface area contributed by atoms with Crippen molar-refractivity contribution in [1.82, 2.24) is 15.2 Å². The molecule has 2 aromatic heterocycles. The topological polar surface area (TPSA) is 53.6 Å². The molecule has 4 aromatic rings. The summed E-state index contributed by atoms with van der Waals surface area (Å²) in [4.78, 5) is 4.15. The fraction of sp³-hybridized carbons (Fsp3) is 0.0588. The van der Waals surface area contributed by atoms with Crippen molar-refractivity contribution in [3.8, 4) is 0 Å². The van der Waals surface area contributed by atoms with Crippen molar-refractivity contribution < 1.29 is 13.2 Å². The van der Waals surface area contributed by atoms with Crippen molar-refractivity contribution in [1.29, 1.82) is 0 Å². The quantitative estimate of drug-likeness (QED) is 0.552. The van der Waals surface area contributed by atoms with Crippen molar-refractivity contribution in [2.75, 3.05) is 5.32 Å². The Balaban J connectivity index is 1.76. The molecule has 2 heterocycles. The number of hydrogen-bond donors (Lipinski definition) is 2. The summed E-state index contributed by atoms with van der Waals surface area (Å²) in [6, 6.07) is 12.5. The maximum atomic E-state index is 13.1. The Morgan fingerprint density at radius 1 is 0.958 bits per heavy atom. The monoisotopic (exact) mass is 328 g/mol. The Labute approximate surface area is 134 Å². The molecular weight excluding hydrogens is 317 g/mol. The van der Waals surface area contributed by atoms with Crippen LogP contribution in [0.3, 0.4) is 0 Å². The second kappa shape index (κ2) is 5.23. The summed E-state index contributed by atoms with van der Waals surface area (Å²) >= 11 is 0. The van der Waals surface area contributed by atoms with Crippen molar-refractivity contribution in [2.24, 2.45) is 0 Å². The maximum Gasteiger partial charge on any atom is 0.417 e. The van der Waals surface area contributed by atoms with Crippen LogP contribution in [-0.2, 0) is 6.18 Å². The highest BCUT2D eigenvalue weighted by molar-refractivity contribution is 5.92. The molecule has 0 aliphatic carbocycles. The molecule has 0 saturated carbocycles. The van der Waals surface area contributed by atoms with Gasteiger partial charge in [0.15, 0.2) is 11.5 Å². The molecule has 0 amide bonds. The first-order valence-corrected chi connectivity index (χ1v) is 7.18. The summed E-state index contributed by atoms with van der Waals surface area (Å²) in [5, 5.41) is 11.5. The van der Waals surface area contributed by atoms with Gasteiger partial charge >= 0.3 is 6.18 Å². The number of alkyl halides is 3. The van der Waals surface area contributed by atoms with Crippen LogP contribution in [0.1, 0.15) is 5.56 Å². The van der Waals surface area contributed by atoms with E-state index in [1.165, 1.54) is 12.1 Å². The lowest BCUT2D eigenvalue weighted by atomic mass is 10.0. The van der Waals surface area contributed by atoms with E-state index in [4.69, 9.17) is 0 Å². The Morgan fingerprint density at radius 2 is 1.83 bits per heavy atom. The van der Waals surface area contributed by atoms with Gasteiger partial charge < -0.3 is 5.32 Å². The van der Waals surface area contributed by atoms with E-state index in [1.807, 2.05) is 6.07 Å². The summed E-state index contributed by atoms with van der Waals surface area (Å²) < 4.78 is 39.2. The van der Waals surface area contributed by atoms with Crippen LogP contribution in [0.15, 0.2) is 54.7 Å². The number of H-pyrrole nitrogens is 1. The minimum absolute atomic E-state index is 0.170. The molecule has 0 radical (unpaired) electrons. The number of rotatable bonds is 2. The number of pyridine rings is 1. The van der Waals surface area contributed by atoms with E-state index in [1.54, 1.807) is 30.5 Å². The number of fused-ring (bicyclic) bond motifs is 2. The van der Waals surface area contributed by atoms with Crippen molar-refractivity contribution in [3.63, 3.8) is 0 Å². The zero-order valence-electron chi connectivity index (χ0n) is 12.2. The van der Waals surface area contributed by atoms with Gasteiger partial charge in [-0.25, -0.2) is 4.98 Å². The number of aromatic nitrogens is 3. The van der Waals surface area contributed by atoms with E-state index < -0.39 is 11.7 Å². The predicted molar refractivity (Wildman–Crippen MR) is 86.1 cm³/mol. The van der Waals surface area contributed by atoms with Gasteiger partial charge in [0.1, 0.15) is 0 Å². The van der Waals surface area contributed by atoms with E-state index in [2.05, 4.69) is 20.5 Å². The molecule has 2 N–H and O–H groups in total. The highest BCUT2D eigenvalue weighted by Gasteiger charge is 2.32. The lowest BCUT2D eigenvalue weighted by molar-refractivity contribution is -0.136. The van der Waals surface area contributed by atoms with Crippen LogP contribution in [0, 0.1) is 0 Å². The molecule has 24 heavy (non-hydrogen) atoms. The van der Waals surface area contributed by atoms with Gasteiger partial charge in [0.05, 0.1) is 10.9 Å². The highest BCUT2D eigenvalue weighted by atomic mass is 19.4. The van der Waals surface area contributed by atoms with Crippen LogP contribution in [-0.4, -0.2) is 15.2 Å². The molecule has 0 bridgehead atoms. The van der Waals surface area contributed by atoms with Gasteiger partial charge in [-0.3, -0.25) is 5.10 Å². The van der Waals surface area contributed by atoms with Crippen molar-refractivity contribution in [3.05, 3.63) is 60.3 Å². The van der Waals surface area contributed by atoms with E-state index in [-0.39, 0.29) is 5.39 Å². The standard InChI is InChI=1S/C17H11F3N4/c18-17(19,20)14-5-1-3-10-9-11(6-7-12(10)14)22-16-13-4-2-8-21-15(13)23-24-16/h1-9H,(H2,21,22,23,24). The average molecular weight is 328 g/mol. The van der Waals surface area contributed by atoms with Crippen molar-refractivity contribution >= 4 is 33.3 Å². The second-order valence-corrected chi connectivity index (χ2v) is 5.34. The predicted octanol–water partition coefficient (Wildman–Crippen LogP) is 4.87. The summed E-state index contributed by atoms with van der Waals surface area (Å²) in [7, 11) is 0. The van der Waals surface area contributed by atoms with Crippen molar-refractivity contribution in [2.45, 2.75) is 6.18 Å². The number of halogens is 3. The number of aromatic amines is 1. The fourth-order valence-electron chi connectivity index (χ4n) is 2.70. The molecule has 4 rings (SSSR count). The summed E-state index contributed by atoms with van der Waals surface area (Å²) in [6.07, 6.45) is -2.72. The number of hydrogen-bond acceptors (Lipinski definition) is 3. The smallest absolute Gasteiger partial charge is 0.338 e. The summed E-state index contributed by atoms with van der Waals surface area (Å²) in [5.41, 5.74) is 0.653. The zero-order valence-corrected chi connectivity index (χ0v) is 12.2. The van der Waals surface area contributed by atoms with Gasteiger partial charge in [0.25, 0.3) is 0 Å². The van der Waals surface area contributed by atoms with Gasteiger partial charge in [0, 0.05) is 11.9 Å².